The third-order valence-corrected chi connectivity index (χ3v) is 3.83. The summed E-state index contributed by atoms with van der Waals surface area (Å²) >= 11 is 0. The van der Waals surface area contributed by atoms with Crippen molar-refractivity contribution in [1.82, 2.24) is 9.55 Å². The quantitative estimate of drug-likeness (QED) is 0.492. The molecule has 3 unspecified atom stereocenters. The first-order chi connectivity index (χ1) is 10.2. The maximum absolute atomic E-state index is 11.8. The Balaban J connectivity index is 2.17. The number of nitrogens with zero attached hydrogens (tertiary/aromatic N) is 1. The topological polar surface area (TPSA) is 151 Å². The summed E-state index contributed by atoms with van der Waals surface area (Å²) in [6, 6.07) is 0. The Bertz CT molecular complexity index is 692. The molecule has 1 fully saturated rings. The van der Waals surface area contributed by atoms with Gasteiger partial charge in [0.15, 0.2) is 0 Å². The number of aromatic nitrogens is 2. The highest BCUT2D eigenvalue weighted by Crippen LogP contribution is 2.38. The molecule has 10 nitrogen and oxygen atoms in total. The lowest BCUT2D eigenvalue weighted by Gasteiger charge is -2.16. The maximum Gasteiger partial charge on any atom is 0.469 e. The van der Waals surface area contributed by atoms with Gasteiger partial charge in [0.25, 0.3) is 5.56 Å². The molecule has 0 amide bonds. The van der Waals surface area contributed by atoms with Crippen molar-refractivity contribution in [2.24, 2.45) is 0 Å². The Kier molecular flexibility index (Phi) is 5.00. The number of hydrogen-bond donors (Lipinski definition) is 4. The Morgan fingerprint density at radius 3 is 2.77 bits per heavy atom. The highest BCUT2D eigenvalue weighted by molar-refractivity contribution is 7.46. The van der Waals surface area contributed by atoms with E-state index in [-0.39, 0.29) is 6.42 Å². The number of aliphatic hydroxyl groups is 1. The first kappa shape index (κ1) is 17.1. The number of H-pyrrole nitrogens is 1. The summed E-state index contributed by atoms with van der Waals surface area (Å²) in [4.78, 5) is 42.8. The van der Waals surface area contributed by atoms with Gasteiger partial charge in [-0.15, -0.1) is 0 Å². The van der Waals surface area contributed by atoms with Crippen LogP contribution in [0, 0.1) is 0 Å². The smallest absolute Gasteiger partial charge is 0.390 e. The number of nitrogens with one attached hydrogen (secondary N) is 1. The molecule has 2 heterocycles. The number of aryl methyl sites for hydroxylation is 1. The van der Waals surface area contributed by atoms with Crippen LogP contribution in [0.25, 0.3) is 0 Å². The van der Waals surface area contributed by atoms with E-state index in [0.29, 0.717) is 12.0 Å². The second kappa shape index (κ2) is 6.45. The number of phosphoric acid groups is 1. The highest BCUT2D eigenvalue weighted by atomic mass is 31.2. The summed E-state index contributed by atoms with van der Waals surface area (Å²) in [6.45, 7) is 1.24. The molecular formula is C11H17N2O8P. The molecule has 11 heteroatoms. The van der Waals surface area contributed by atoms with Crippen LogP contribution in [0.3, 0.4) is 0 Å². The molecule has 1 aliphatic heterocycles. The zero-order chi connectivity index (χ0) is 16.5. The van der Waals surface area contributed by atoms with Crippen molar-refractivity contribution in [3.63, 3.8) is 0 Å². The van der Waals surface area contributed by atoms with Crippen LogP contribution in [0.2, 0.25) is 0 Å². The van der Waals surface area contributed by atoms with Crippen molar-refractivity contribution in [2.45, 2.75) is 38.2 Å². The van der Waals surface area contributed by atoms with Gasteiger partial charge in [-0.25, -0.2) is 9.36 Å². The van der Waals surface area contributed by atoms with E-state index in [1.807, 2.05) is 0 Å². The van der Waals surface area contributed by atoms with Gasteiger partial charge in [-0.1, -0.05) is 6.92 Å². The average Bonchev–Trinajstić information content (AvgIpc) is 2.77. The Labute approximate surface area is 124 Å². The summed E-state index contributed by atoms with van der Waals surface area (Å²) in [7, 11) is -4.67. The summed E-state index contributed by atoms with van der Waals surface area (Å²) in [5.41, 5.74) is -0.785. The van der Waals surface area contributed by atoms with Gasteiger partial charge in [-0.2, -0.15) is 0 Å². The van der Waals surface area contributed by atoms with Crippen molar-refractivity contribution in [3.8, 4) is 0 Å². The predicted molar refractivity (Wildman–Crippen MR) is 73.2 cm³/mol. The second-order valence-electron chi connectivity index (χ2n) is 4.89. The molecule has 4 N–H and O–H groups in total. The van der Waals surface area contributed by atoms with E-state index >= 15 is 0 Å². The number of rotatable bonds is 5. The zero-order valence-electron chi connectivity index (χ0n) is 11.7. The minimum absolute atomic E-state index is 0.0320. The van der Waals surface area contributed by atoms with Gasteiger partial charge in [0.05, 0.1) is 12.7 Å². The molecular weight excluding hydrogens is 319 g/mol. The average molecular weight is 336 g/mol. The van der Waals surface area contributed by atoms with Crippen molar-refractivity contribution < 1.29 is 28.7 Å². The molecule has 0 radical (unpaired) electrons. The number of aliphatic hydroxyl groups excluding tert-OH is 1. The zero-order valence-corrected chi connectivity index (χ0v) is 12.6. The van der Waals surface area contributed by atoms with Gasteiger partial charge in [-0.3, -0.25) is 18.9 Å². The van der Waals surface area contributed by atoms with E-state index in [2.05, 4.69) is 9.51 Å². The molecule has 2 rings (SSSR count). The highest BCUT2D eigenvalue weighted by Gasteiger charge is 2.37. The van der Waals surface area contributed by atoms with Gasteiger partial charge in [0.2, 0.25) is 0 Å². The molecule has 0 saturated carbocycles. The van der Waals surface area contributed by atoms with E-state index in [0.717, 1.165) is 4.57 Å². The van der Waals surface area contributed by atoms with E-state index in [1.54, 1.807) is 6.92 Å². The lowest BCUT2D eigenvalue weighted by molar-refractivity contribution is -0.0451. The van der Waals surface area contributed by atoms with Crippen LogP contribution < -0.4 is 11.2 Å². The summed E-state index contributed by atoms with van der Waals surface area (Å²) in [6.07, 6.45) is -1.10. The van der Waals surface area contributed by atoms with Gasteiger partial charge in [0.1, 0.15) is 12.3 Å². The van der Waals surface area contributed by atoms with E-state index in [4.69, 9.17) is 14.5 Å². The van der Waals surface area contributed by atoms with Crippen LogP contribution in [0.15, 0.2) is 15.8 Å². The monoisotopic (exact) mass is 336 g/mol. The molecule has 124 valence electrons. The molecule has 0 aliphatic carbocycles. The third-order valence-electron chi connectivity index (χ3n) is 3.34. The van der Waals surface area contributed by atoms with Crippen LogP contribution in [0.1, 0.15) is 25.1 Å². The fraction of sp³-hybridized carbons (Fsp3) is 0.636. The van der Waals surface area contributed by atoms with Crippen molar-refractivity contribution in [3.05, 3.63) is 32.6 Å². The number of hydrogen-bond acceptors (Lipinski definition) is 6. The summed E-state index contributed by atoms with van der Waals surface area (Å²) in [5, 5.41) is 9.84. The van der Waals surface area contributed by atoms with E-state index in [1.165, 1.54) is 6.20 Å². The minimum Gasteiger partial charge on any atom is -0.390 e. The molecule has 1 saturated heterocycles. The van der Waals surface area contributed by atoms with Crippen LogP contribution in [0.4, 0.5) is 0 Å². The Hall–Kier alpha value is -1.29. The predicted octanol–water partition coefficient (Wildman–Crippen LogP) is -1.14. The maximum atomic E-state index is 11.8. The van der Waals surface area contributed by atoms with Crippen molar-refractivity contribution >= 4 is 7.82 Å². The van der Waals surface area contributed by atoms with Crippen LogP contribution >= 0.6 is 7.82 Å². The van der Waals surface area contributed by atoms with Gasteiger partial charge < -0.3 is 19.6 Å². The number of phosphoric ester groups is 1. The molecule has 0 bridgehead atoms. The van der Waals surface area contributed by atoms with Crippen LogP contribution in [-0.4, -0.2) is 43.3 Å². The van der Waals surface area contributed by atoms with Crippen LogP contribution in [0.5, 0.6) is 0 Å². The SMILES string of the molecule is CCc1cn(C2CC(O)C(COP(=O)(O)O)O2)c(=O)[nH]c1=O. The van der Waals surface area contributed by atoms with Gasteiger partial charge in [0, 0.05) is 18.2 Å². The van der Waals surface area contributed by atoms with E-state index < -0.39 is 44.1 Å². The first-order valence-corrected chi connectivity index (χ1v) is 8.12. The largest absolute Gasteiger partial charge is 0.469 e. The summed E-state index contributed by atoms with van der Waals surface area (Å²) < 4.78 is 21.5. The number of aromatic amines is 1. The van der Waals surface area contributed by atoms with Gasteiger partial charge >= 0.3 is 13.5 Å². The molecule has 22 heavy (non-hydrogen) atoms. The van der Waals surface area contributed by atoms with E-state index in [9.17, 15) is 19.3 Å². The third kappa shape index (κ3) is 3.92. The lowest BCUT2D eigenvalue weighted by atomic mass is 10.2. The lowest BCUT2D eigenvalue weighted by Crippen LogP contribution is -2.34. The standard InChI is InChI=1S/C11H17N2O8P/c1-2-6-4-13(11(16)12-10(6)15)9-3-7(14)8(21-9)5-20-22(17,18)19/h4,7-9,14H,2-3,5H2,1H3,(H,12,15,16)(H2,17,18,19). The fourth-order valence-electron chi connectivity index (χ4n) is 2.20. The molecule has 3 atom stereocenters. The summed E-state index contributed by atoms with van der Waals surface area (Å²) in [5.74, 6) is 0. The number of ether oxygens (including phenoxy) is 1. The molecule has 1 aliphatic rings. The van der Waals surface area contributed by atoms with Gasteiger partial charge in [-0.05, 0) is 6.42 Å². The minimum atomic E-state index is -4.67. The van der Waals surface area contributed by atoms with Crippen LogP contribution in [-0.2, 0) is 20.2 Å². The Morgan fingerprint density at radius 2 is 2.18 bits per heavy atom. The molecule has 1 aromatic rings. The first-order valence-electron chi connectivity index (χ1n) is 6.59. The fourth-order valence-corrected chi connectivity index (χ4v) is 2.54. The molecule has 1 aromatic heterocycles. The van der Waals surface area contributed by atoms with Crippen molar-refractivity contribution in [2.75, 3.05) is 6.61 Å². The normalized spacial score (nSPS) is 25.5. The Morgan fingerprint density at radius 1 is 1.50 bits per heavy atom. The second-order valence-corrected chi connectivity index (χ2v) is 6.13. The van der Waals surface area contributed by atoms with Crippen molar-refractivity contribution in [1.29, 1.82) is 0 Å². The molecule has 0 aromatic carbocycles. The molecule has 0 spiro atoms.